The van der Waals surface area contributed by atoms with Crippen molar-refractivity contribution >= 4 is 22.4 Å². The van der Waals surface area contributed by atoms with E-state index >= 15 is 0 Å². The smallest absolute Gasteiger partial charge is 0.279 e. The van der Waals surface area contributed by atoms with Crippen LogP contribution in [0.5, 0.6) is 5.75 Å². The second-order valence-corrected chi connectivity index (χ2v) is 6.36. The fraction of sp³-hybridized carbons (Fsp3) is 0.0455. The molecule has 150 valence electrons. The lowest BCUT2D eigenvalue weighted by Gasteiger charge is -2.12. The first kappa shape index (κ1) is 19.3. The van der Waals surface area contributed by atoms with E-state index in [9.17, 15) is 18.4 Å². The zero-order chi connectivity index (χ0) is 21.3. The number of ether oxygens (including phenoxy) is 1. The second kappa shape index (κ2) is 7.75. The standard InChI is InChI=1S/C22H15F2N3O3/c1-30-14-11-9-13(10-12-14)27-22(29)16-6-3-2-5-15(16)19(26-27)21(28)25-20-17(23)7-4-8-18(20)24/h2-12H,1H3,(H,25,28). The number of benzene rings is 3. The zero-order valence-electron chi connectivity index (χ0n) is 15.7. The third-order valence-corrected chi connectivity index (χ3v) is 4.54. The van der Waals surface area contributed by atoms with Gasteiger partial charge < -0.3 is 10.1 Å². The summed E-state index contributed by atoms with van der Waals surface area (Å²) in [6.07, 6.45) is 0. The molecule has 0 atom stereocenters. The Morgan fingerprint density at radius 3 is 2.20 bits per heavy atom. The van der Waals surface area contributed by atoms with Crippen LogP contribution in [0.15, 0.2) is 71.5 Å². The SMILES string of the molecule is COc1ccc(-n2nc(C(=O)Nc3c(F)cccc3F)c3ccccc3c2=O)cc1. The number of amides is 1. The van der Waals surface area contributed by atoms with Gasteiger partial charge in [0.15, 0.2) is 5.69 Å². The van der Waals surface area contributed by atoms with Crippen molar-refractivity contribution in [3.05, 3.63) is 94.4 Å². The molecule has 0 bridgehead atoms. The molecule has 0 aliphatic rings. The van der Waals surface area contributed by atoms with Gasteiger partial charge in [-0.3, -0.25) is 9.59 Å². The third kappa shape index (κ3) is 3.39. The van der Waals surface area contributed by atoms with Gasteiger partial charge in [-0.1, -0.05) is 24.3 Å². The van der Waals surface area contributed by atoms with Crippen molar-refractivity contribution in [1.82, 2.24) is 9.78 Å². The lowest BCUT2D eigenvalue weighted by atomic mass is 10.1. The van der Waals surface area contributed by atoms with Crippen molar-refractivity contribution in [3.8, 4) is 11.4 Å². The zero-order valence-corrected chi connectivity index (χ0v) is 15.7. The van der Waals surface area contributed by atoms with E-state index in [0.29, 0.717) is 11.4 Å². The van der Waals surface area contributed by atoms with Crippen molar-refractivity contribution < 1.29 is 18.3 Å². The molecule has 8 heteroatoms. The van der Waals surface area contributed by atoms with Crippen molar-refractivity contribution in [2.45, 2.75) is 0 Å². The van der Waals surface area contributed by atoms with Gasteiger partial charge in [0.2, 0.25) is 0 Å². The van der Waals surface area contributed by atoms with E-state index in [0.717, 1.165) is 16.8 Å². The third-order valence-electron chi connectivity index (χ3n) is 4.54. The molecule has 6 nitrogen and oxygen atoms in total. The second-order valence-electron chi connectivity index (χ2n) is 6.36. The molecule has 0 fully saturated rings. The first-order valence-electron chi connectivity index (χ1n) is 8.91. The minimum Gasteiger partial charge on any atom is -0.497 e. The van der Waals surface area contributed by atoms with Gasteiger partial charge in [-0.15, -0.1) is 0 Å². The van der Waals surface area contributed by atoms with Crippen LogP contribution in [0.2, 0.25) is 0 Å². The largest absolute Gasteiger partial charge is 0.497 e. The molecule has 0 radical (unpaired) electrons. The molecule has 4 rings (SSSR count). The topological polar surface area (TPSA) is 73.2 Å². The molecule has 0 aliphatic heterocycles. The number of hydrogen-bond donors (Lipinski definition) is 1. The van der Waals surface area contributed by atoms with Gasteiger partial charge >= 0.3 is 0 Å². The monoisotopic (exact) mass is 407 g/mol. The number of rotatable bonds is 4. The molecule has 1 amide bonds. The highest BCUT2D eigenvalue weighted by Gasteiger charge is 2.20. The van der Waals surface area contributed by atoms with Crippen molar-refractivity contribution in [2.24, 2.45) is 0 Å². The maximum absolute atomic E-state index is 14.0. The van der Waals surface area contributed by atoms with Gasteiger partial charge in [-0.2, -0.15) is 9.78 Å². The molecule has 3 aromatic carbocycles. The van der Waals surface area contributed by atoms with E-state index in [2.05, 4.69) is 10.4 Å². The van der Waals surface area contributed by atoms with Gasteiger partial charge in [-0.25, -0.2) is 8.78 Å². The number of aromatic nitrogens is 2. The van der Waals surface area contributed by atoms with Crippen LogP contribution in [-0.4, -0.2) is 22.8 Å². The molecule has 0 saturated heterocycles. The van der Waals surface area contributed by atoms with Crippen LogP contribution in [0.1, 0.15) is 10.5 Å². The molecular weight excluding hydrogens is 392 g/mol. The number of methoxy groups -OCH3 is 1. The molecule has 1 heterocycles. The Morgan fingerprint density at radius 1 is 0.933 bits per heavy atom. The van der Waals surface area contributed by atoms with Crippen LogP contribution >= 0.6 is 0 Å². The van der Waals surface area contributed by atoms with Crippen LogP contribution in [-0.2, 0) is 0 Å². The normalized spacial score (nSPS) is 10.8. The Bertz CT molecular complexity index is 1300. The Morgan fingerprint density at radius 2 is 1.57 bits per heavy atom. The van der Waals surface area contributed by atoms with Crippen molar-refractivity contribution in [1.29, 1.82) is 0 Å². The number of carbonyl (C=O) groups excluding carboxylic acids is 1. The van der Waals surface area contributed by atoms with Crippen molar-refractivity contribution in [3.63, 3.8) is 0 Å². The van der Waals surface area contributed by atoms with Crippen LogP contribution in [0.3, 0.4) is 0 Å². The Kier molecular flexibility index (Phi) is 4.97. The van der Waals surface area contributed by atoms with Crippen LogP contribution < -0.4 is 15.6 Å². The number of para-hydroxylation sites is 1. The minimum atomic E-state index is -0.920. The first-order valence-corrected chi connectivity index (χ1v) is 8.91. The summed E-state index contributed by atoms with van der Waals surface area (Å²) in [6, 6.07) is 16.2. The molecule has 0 aliphatic carbocycles. The van der Waals surface area contributed by atoms with Gasteiger partial charge in [0.25, 0.3) is 11.5 Å². The maximum Gasteiger partial charge on any atom is 0.279 e. The van der Waals surface area contributed by atoms with Gasteiger partial charge in [0, 0.05) is 5.39 Å². The fourth-order valence-corrected chi connectivity index (χ4v) is 3.05. The summed E-state index contributed by atoms with van der Waals surface area (Å²) < 4.78 is 34.1. The quantitative estimate of drug-likeness (QED) is 0.557. The summed E-state index contributed by atoms with van der Waals surface area (Å²) in [5, 5.41) is 6.91. The number of hydrogen-bond acceptors (Lipinski definition) is 4. The van der Waals surface area contributed by atoms with E-state index in [4.69, 9.17) is 4.74 Å². The highest BCUT2D eigenvalue weighted by atomic mass is 19.1. The Hall–Kier alpha value is -4.07. The molecule has 0 spiro atoms. The summed E-state index contributed by atoms with van der Waals surface area (Å²) in [7, 11) is 1.51. The highest BCUT2D eigenvalue weighted by molar-refractivity contribution is 6.11. The predicted molar refractivity (Wildman–Crippen MR) is 108 cm³/mol. The lowest BCUT2D eigenvalue weighted by molar-refractivity contribution is 0.102. The average molecular weight is 407 g/mol. The number of anilines is 1. The summed E-state index contributed by atoms with van der Waals surface area (Å²) in [5.41, 5.74) is -0.777. The van der Waals surface area contributed by atoms with Crippen LogP contribution in [0.4, 0.5) is 14.5 Å². The summed E-state index contributed by atoms with van der Waals surface area (Å²) in [6.45, 7) is 0. The van der Waals surface area contributed by atoms with E-state index in [1.807, 2.05) is 0 Å². The van der Waals surface area contributed by atoms with Crippen LogP contribution in [0, 0.1) is 11.6 Å². The molecular formula is C22H15F2N3O3. The number of halogens is 2. The van der Waals surface area contributed by atoms with E-state index in [1.165, 1.54) is 13.2 Å². The highest BCUT2D eigenvalue weighted by Crippen LogP contribution is 2.21. The average Bonchev–Trinajstić information content (AvgIpc) is 2.77. The number of carbonyl (C=O) groups is 1. The molecule has 0 unspecified atom stereocenters. The first-order chi connectivity index (χ1) is 14.5. The van der Waals surface area contributed by atoms with Crippen molar-refractivity contribution in [2.75, 3.05) is 12.4 Å². The molecule has 4 aromatic rings. The maximum atomic E-state index is 14.0. The van der Waals surface area contributed by atoms with Gasteiger partial charge in [-0.05, 0) is 42.5 Å². The summed E-state index contributed by atoms with van der Waals surface area (Å²) >= 11 is 0. The van der Waals surface area contributed by atoms with Crippen LogP contribution in [0.25, 0.3) is 16.5 Å². The van der Waals surface area contributed by atoms with Gasteiger partial charge in [0.05, 0.1) is 18.2 Å². The molecule has 1 aromatic heterocycles. The predicted octanol–water partition coefficient (Wildman–Crippen LogP) is 3.92. The van der Waals surface area contributed by atoms with E-state index in [1.54, 1.807) is 48.5 Å². The fourth-order valence-electron chi connectivity index (χ4n) is 3.05. The summed E-state index contributed by atoms with van der Waals surface area (Å²) in [4.78, 5) is 25.8. The molecule has 0 saturated carbocycles. The Balaban J connectivity index is 1.87. The molecule has 1 N–H and O–H groups in total. The number of nitrogens with zero attached hydrogens (tertiary/aromatic N) is 2. The summed E-state index contributed by atoms with van der Waals surface area (Å²) in [5.74, 6) is -2.11. The van der Waals surface area contributed by atoms with E-state index in [-0.39, 0.29) is 16.5 Å². The van der Waals surface area contributed by atoms with Gasteiger partial charge in [0.1, 0.15) is 23.1 Å². The number of nitrogens with one attached hydrogen (secondary N) is 1. The molecule has 30 heavy (non-hydrogen) atoms. The lowest BCUT2D eigenvalue weighted by Crippen LogP contribution is -2.26. The minimum absolute atomic E-state index is 0.149. The number of fused-ring (bicyclic) bond motifs is 1. The van der Waals surface area contributed by atoms with E-state index < -0.39 is 28.8 Å². The Labute approximate surface area is 169 Å².